The first kappa shape index (κ1) is 15.8. The van der Waals surface area contributed by atoms with Crippen LogP contribution in [0.2, 0.25) is 0 Å². The second kappa shape index (κ2) is 7.37. The van der Waals surface area contributed by atoms with Crippen molar-refractivity contribution < 1.29 is 29.5 Å². The van der Waals surface area contributed by atoms with E-state index in [1.54, 1.807) is 6.92 Å². The van der Waals surface area contributed by atoms with Crippen LogP contribution in [0.1, 0.15) is 20.8 Å². The molecule has 3 N–H and O–H groups in total. The maximum Gasteiger partial charge on any atom is 0.186 e. The molecule has 6 nitrogen and oxygen atoms in total. The monoisotopic (exact) mass is 264 g/mol. The fourth-order valence-electron chi connectivity index (χ4n) is 1.69. The zero-order chi connectivity index (χ0) is 13.7. The molecule has 0 aromatic heterocycles. The molecule has 0 aromatic rings. The predicted molar refractivity (Wildman–Crippen MR) is 64.0 cm³/mol. The number of aliphatic hydroxyl groups is 3. The molecule has 0 amide bonds. The van der Waals surface area contributed by atoms with Crippen LogP contribution in [0.3, 0.4) is 0 Å². The minimum absolute atomic E-state index is 0.268. The van der Waals surface area contributed by atoms with Gasteiger partial charge in [-0.2, -0.15) is 0 Å². The summed E-state index contributed by atoms with van der Waals surface area (Å²) in [7, 11) is 0. The van der Waals surface area contributed by atoms with E-state index >= 15 is 0 Å². The molecule has 2 unspecified atom stereocenters. The summed E-state index contributed by atoms with van der Waals surface area (Å²) in [5.74, 6) is 0.457. The Balaban J connectivity index is 2.25. The van der Waals surface area contributed by atoms with E-state index in [0.717, 1.165) is 0 Å². The molecule has 0 aliphatic carbocycles. The molecule has 1 heterocycles. The summed E-state index contributed by atoms with van der Waals surface area (Å²) in [5, 5.41) is 28.7. The molecule has 1 rings (SSSR count). The van der Waals surface area contributed by atoms with E-state index in [-0.39, 0.29) is 6.61 Å². The van der Waals surface area contributed by atoms with Crippen LogP contribution in [0.25, 0.3) is 0 Å². The largest absolute Gasteiger partial charge is 0.388 e. The van der Waals surface area contributed by atoms with Gasteiger partial charge in [-0.1, -0.05) is 13.8 Å². The smallest absolute Gasteiger partial charge is 0.186 e. The van der Waals surface area contributed by atoms with Crippen LogP contribution in [-0.2, 0) is 14.2 Å². The van der Waals surface area contributed by atoms with Gasteiger partial charge in [-0.05, 0) is 12.8 Å². The normalized spacial score (nSPS) is 37.2. The Kier molecular flexibility index (Phi) is 6.48. The van der Waals surface area contributed by atoms with Crippen molar-refractivity contribution in [1.82, 2.24) is 0 Å². The molecule has 6 heteroatoms. The van der Waals surface area contributed by atoms with Crippen LogP contribution < -0.4 is 0 Å². The van der Waals surface area contributed by atoms with Crippen LogP contribution in [0, 0.1) is 5.92 Å². The summed E-state index contributed by atoms with van der Waals surface area (Å²) in [5.41, 5.74) is 0. The maximum absolute atomic E-state index is 9.67. The molecule has 5 atom stereocenters. The summed E-state index contributed by atoms with van der Waals surface area (Å²) >= 11 is 0. The third-order valence-corrected chi connectivity index (χ3v) is 2.77. The van der Waals surface area contributed by atoms with E-state index < -0.39 is 30.7 Å². The second-order valence-electron chi connectivity index (χ2n) is 5.02. The first-order valence-electron chi connectivity index (χ1n) is 6.32. The molecule has 0 aromatic carbocycles. The summed E-state index contributed by atoms with van der Waals surface area (Å²) in [6.07, 6.45) is -5.11. The van der Waals surface area contributed by atoms with Crippen molar-refractivity contribution in [3.8, 4) is 0 Å². The van der Waals surface area contributed by atoms with Crippen molar-refractivity contribution in [2.75, 3.05) is 19.8 Å². The standard InChI is InChI=1S/C12H24O6/c1-7(2)6-16-4-5-17-12-11(15)10(14)9(13)8(3)18-12/h7-15H,4-6H2,1-3H3/t8-,9+,10?,11?,12+/m0/s1. The molecular weight excluding hydrogens is 240 g/mol. The molecule has 1 aliphatic heterocycles. The van der Waals surface area contributed by atoms with Gasteiger partial charge in [0.25, 0.3) is 0 Å². The van der Waals surface area contributed by atoms with Gasteiger partial charge in [0.05, 0.1) is 19.3 Å². The van der Waals surface area contributed by atoms with Gasteiger partial charge >= 0.3 is 0 Å². The lowest BCUT2D eigenvalue weighted by atomic mass is 10.0. The quantitative estimate of drug-likeness (QED) is 0.561. The van der Waals surface area contributed by atoms with Gasteiger partial charge in [-0.3, -0.25) is 0 Å². The number of hydrogen-bond donors (Lipinski definition) is 3. The average Bonchev–Trinajstić information content (AvgIpc) is 2.32. The van der Waals surface area contributed by atoms with Gasteiger partial charge in [0, 0.05) is 6.61 Å². The lowest BCUT2D eigenvalue weighted by Crippen LogP contribution is -2.57. The second-order valence-corrected chi connectivity index (χ2v) is 5.02. The lowest BCUT2D eigenvalue weighted by molar-refractivity contribution is -0.294. The number of ether oxygens (including phenoxy) is 3. The van der Waals surface area contributed by atoms with Crippen molar-refractivity contribution in [3.63, 3.8) is 0 Å². The third kappa shape index (κ3) is 4.46. The van der Waals surface area contributed by atoms with E-state index in [1.807, 2.05) is 13.8 Å². The molecule has 108 valence electrons. The minimum atomic E-state index is -1.25. The molecule has 1 saturated heterocycles. The van der Waals surface area contributed by atoms with E-state index in [4.69, 9.17) is 14.2 Å². The number of rotatable bonds is 6. The zero-order valence-electron chi connectivity index (χ0n) is 11.2. The highest BCUT2D eigenvalue weighted by Crippen LogP contribution is 2.21. The Morgan fingerprint density at radius 2 is 1.72 bits per heavy atom. The summed E-state index contributed by atoms with van der Waals surface area (Å²) in [4.78, 5) is 0. The molecule has 1 fully saturated rings. The highest BCUT2D eigenvalue weighted by atomic mass is 16.7. The highest BCUT2D eigenvalue weighted by Gasteiger charge is 2.42. The van der Waals surface area contributed by atoms with Crippen LogP contribution in [0.4, 0.5) is 0 Å². The molecule has 0 bridgehead atoms. The van der Waals surface area contributed by atoms with Gasteiger partial charge in [-0.15, -0.1) is 0 Å². The number of hydrogen-bond acceptors (Lipinski definition) is 6. The Hall–Kier alpha value is -0.240. The van der Waals surface area contributed by atoms with E-state index in [2.05, 4.69) is 0 Å². The number of aliphatic hydroxyl groups excluding tert-OH is 3. The van der Waals surface area contributed by atoms with E-state index in [9.17, 15) is 15.3 Å². The molecule has 0 saturated carbocycles. The summed E-state index contributed by atoms with van der Waals surface area (Å²) in [6.45, 7) is 7.03. The van der Waals surface area contributed by atoms with Crippen molar-refractivity contribution in [3.05, 3.63) is 0 Å². The van der Waals surface area contributed by atoms with Gasteiger partial charge in [0.15, 0.2) is 6.29 Å². The van der Waals surface area contributed by atoms with Crippen molar-refractivity contribution >= 4 is 0 Å². The minimum Gasteiger partial charge on any atom is -0.388 e. The van der Waals surface area contributed by atoms with E-state index in [1.165, 1.54) is 0 Å². The average molecular weight is 264 g/mol. The molecule has 0 radical (unpaired) electrons. The van der Waals surface area contributed by atoms with Gasteiger partial charge in [-0.25, -0.2) is 0 Å². The summed E-state index contributed by atoms with van der Waals surface area (Å²) in [6, 6.07) is 0. The molecular formula is C12H24O6. The topological polar surface area (TPSA) is 88.4 Å². The Morgan fingerprint density at radius 3 is 2.33 bits per heavy atom. The van der Waals surface area contributed by atoms with Crippen LogP contribution in [-0.4, -0.2) is 65.8 Å². The van der Waals surface area contributed by atoms with Crippen molar-refractivity contribution in [1.29, 1.82) is 0 Å². The maximum atomic E-state index is 9.67. The van der Waals surface area contributed by atoms with Gasteiger partial charge in [0.1, 0.15) is 18.3 Å². The Labute approximate surface area is 107 Å². The zero-order valence-corrected chi connectivity index (χ0v) is 11.2. The Bertz CT molecular complexity index is 235. The first-order chi connectivity index (χ1) is 8.43. The lowest BCUT2D eigenvalue weighted by Gasteiger charge is -2.38. The molecule has 18 heavy (non-hydrogen) atoms. The molecule has 0 spiro atoms. The van der Waals surface area contributed by atoms with E-state index in [0.29, 0.717) is 19.1 Å². The SMILES string of the molecule is CC(C)COCCO[C@@H]1O[C@@H](C)[C@@H](O)C(O)C1O. The molecule has 1 aliphatic rings. The van der Waals surface area contributed by atoms with Crippen molar-refractivity contribution in [2.45, 2.75) is 51.5 Å². The summed E-state index contributed by atoms with van der Waals surface area (Å²) < 4.78 is 15.9. The Morgan fingerprint density at radius 1 is 1.06 bits per heavy atom. The third-order valence-electron chi connectivity index (χ3n) is 2.77. The predicted octanol–water partition coefficient (Wildman–Crippen LogP) is -0.497. The fourth-order valence-corrected chi connectivity index (χ4v) is 1.69. The highest BCUT2D eigenvalue weighted by molar-refractivity contribution is 4.87. The first-order valence-corrected chi connectivity index (χ1v) is 6.32. The van der Waals surface area contributed by atoms with Crippen molar-refractivity contribution in [2.24, 2.45) is 5.92 Å². The van der Waals surface area contributed by atoms with Crippen LogP contribution in [0.5, 0.6) is 0 Å². The van der Waals surface area contributed by atoms with Gasteiger partial charge in [0.2, 0.25) is 0 Å². The van der Waals surface area contributed by atoms with Gasteiger partial charge < -0.3 is 29.5 Å². The van der Waals surface area contributed by atoms with Crippen LogP contribution >= 0.6 is 0 Å². The fraction of sp³-hybridized carbons (Fsp3) is 1.00. The van der Waals surface area contributed by atoms with Crippen LogP contribution in [0.15, 0.2) is 0 Å².